The van der Waals surface area contributed by atoms with Gasteiger partial charge < -0.3 is 21.5 Å². The van der Waals surface area contributed by atoms with Gasteiger partial charge in [0.05, 0.1) is 18.8 Å². The first-order chi connectivity index (χ1) is 19.2. The number of aryl methyl sites for hydroxylation is 1. The number of nitrogens with zero attached hydrogens (tertiary/aromatic N) is 2. The fourth-order valence-electron chi connectivity index (χ4n) is 3.69. The highest BCUT2D eigenvalue weighted by Crippen LogP contribution is 2.23. The van der Waals surface area contributed by atoms with Crippen LogP contribution in [0.5, 0.6) is 0 Å². The number of alkyl halides is 1. The molecule has 10 heteroatoms. The molecule has 0 atom stereocenters. The van der Waals surface area contributed by atoms with Crippen LogP contribution in [-0.2, 0) is 6.54 Å². The number of aromatic nitrogens is 2. The lowest BCUT2D eigenvalue weighted by Crippen LogP contribution is -2.24. The van der Waals surface area contributed by atoms with Crippen molar-refractivity contribution in [1.82, 2.24) is 20.6 Å². The van der Waals surface area contributed by atoms with E-state index >= 15 is 0 Å². The maximum absolute atomic E-state index is 14.4. The van der Waals surface area contributed by atoms with E-state index in [0.29, 0.717) is 24.0 Å². The Kier molecular flexibility index (Phi) is 19.5. The van der Waals surface area contributed by atoms with E-state index < -0.39 is 11.7 Å². The van der Waals surface area contributed by atoms with Crippen molar-refractivity contribution in [3.8, 4) is 11.3 Å². The summed E-state index contributed by atoms with van der Waals surface area (Å²) >= 11 is 0. The zero-order valence-electron chi connectivity index (χ0n) is 24.4. The Morgan fingerprint density at radius 2 is 1.60 bits per heavy atom. The maximum atomic E-state index is 14.4. The number of hydrogen-bond acceptors (Lipinski definition) is 6. The third-order valence-corrected chi connectivity index (χ3v) is 5.34. The fourth-order valence-corrected chi connectivity index (χ4v) is 3.69. The third kappa shape index (κ3) is 13.5. The van der Waals surface area contributed by atoms with Gasteiger partial charge >= 0.3 is 0 Å². The fraction of sp³-hybridized carbons (Fsp3) is 0.433. The van der Waals surface area contributed by atoms with Crippen LogP contribution >= 0.6 is 0 Å². The first-order valence-electron chi connectivity index (χ1n) is 13.3. The topological polar surface area (TPSA) is 113 Å². The Hall–Kier alpha value is -3.50. The van der Waals surface area contributed by atoms with Crippen molar-refractivity contribution >= 4 is 11.7 Å². The summed E-state index contributed by atoms with van der Waals surface area (Å²) in [6, 6.07) is 8.54. The second kappa shape index (κ2) is 21.3. The highest BCUT2D eigenvalue weighted by atomic mass is 19.1. The average Bonchev–Trinajstić information content (AvgIpc) is 2.95. The van der Waals surface area contributed by atoms with E-state index in [1.165, 1.54) is 55.9 Å². The lowest BCUT2D eigenvalue weighted by atomic mass is 9.98. The first kappa shape index (κ1) is 36.5. The smallest absolute Gasteiger partial charge is 0.254 e. The van der Waals surface area contributed by atoms with Crippen molar-refractivity contribution in [2.75, 3.05) is 27.0 Å². The summed E-state index contributed by atoms with van der Waals surface area (Å²) in [6.07, 6.45) is 8.81. The Bertz CT molecular complexity index is 1110. The number of aliphatic hydroxyl groups excluding tert-OH is 1. The van der Waals surface area contributed by atoms with Crippen LogP contribution in [0.1, 0.15) is 67.4 Å². The van der Waals surface area contributed by atoms with Crippen molar-refractivity contribution in [3.05, 3.63) is 77.1 Å². The molecule has 3 aromatic rings. The number of nitrogens with two attached hydrogens (primary N) is 1. The molecule has 40 heavy (non-hydrogen) atoms. The molecule has 1 fully saturated rings. The number of anilines is 1. The van der Waals surface area contributed by atoms with Gasteiger partial charge in [-0.2, -0.15) is 0 Å². The molecular formula is C30H44F3N5O2. The normalized spacial score (nSPS) is 12.1. The molecule has 0 saturated heterocycles. The monoisotopic (exact) mass is 563 g/mol. The van der Waals surface area contributed by atoms with Crippen LogP contribution in [0.2, 0.25) is 0 Å². The number of nitrogens with one attached hydrogen (secondary N) is 2. The second-order valence-electron chi connectivity index (χ2n) is 8.60. The zero-order valence-corrected chi connectivity index (χ0v) is 24.4. The molecule has 1 saturated carbocycles. The molecule has 0 spiro atoms. The number of rotatable bonds is 4. The van der Waals surface area contributed by atoms with Crippen molar-refractivity contribution in [2.24, 2.45) is 0 Å². The van der Waals surface area contributed by atoms with Gasteiger partial charge in [0.2, 0.25) is 0 Å². The minimum atomic E-state index is -0.708. The van der Waals surface area contributed by atoms with Crippen LogP contribution in [-0.4, -0.2) is 48.4 Å². The standard InChI is InChI=1S/C19H16F2N4O.C6H12O.C2H7N.C2H6.CH3F/c1-11-6-12(8-14(20)7-11)10-25-19(26)15-3-2-13(9-16(15)21)17-18(22)24-5-4-23-17;7-6-4-2-1-3-5-6;1-3-2;2*1-2/h2-9H,10H2,1H3,(H2,22,24)(H,25,26);6-7H,1-5H2;3H,1-2H3;1-2H3;1H3. The van der Waals surface area contributed by atoms with Crippen molar-refractivity contribution < 1.29 is 23.1 Å². The molecule has 0 bridgehead atoms. The molecule has 0 aliphatic heterocycles. The van der Waals surface area contributed by atoms with E-state index in [2.05, 4.69) is 20.6 Å². The van der Waals surface area contributed by atoms with E-state index in [-0.39, 0.29) is 29.8 Å². The molecule has 1 aromatic heterocycles. The summed E-state index contributed by atoms with van der Waals surface area (Å²) in [4.78, 5) is 20.2. The van der Waals surface area contributed by atoms with E-state index in [1.807, 2.05) is 27.9 Å². The van der Waals surface area contributed by atoms with E-state index in [9.17, 15) is 18.0 Å². The number of carbonyl (C=O) groups is 1. The predicted octanol–water partition coefficient (Wildman–Crippen LogP) is 6.00. The summed E-state index contributed by atoms with van der Waals surface area (Å²) in [6.45, 7) is 5.85. The Balaban J connectivity index is 0.000000904. The number of nitrogen functional groups attached to an aromatic ring is 1. The number of hydrogen-bond donors (Lipinski definition) is 4. The molecule has 1 amide bonds. The highest BCUT2D eigenvalue weighted by molar-refractivity contribution is 5.95. The molecule has 1 heterocycles. The number of aliphatic hydroxyl groups is 1. The predicted molar refractivity (Wildman–Crippen MR) is 157 cm³/mol. The van der Waals surface area contributed by atoms with Gasteiger partial charge in [-0.15, -0.1) is 0 Å². The van der Waals surface area contributed by atoms with Gasteiger partial charge in [0.25, 0.3) is 5.91 Å². The second-order valence-corrected chi connectivity index (χ2v) is 8.60. The lowest BCUT2D eigenvalue weighted by molar-refractivity contribution is 0.0946. The van der Waals surface area contributed by atoms with Gasteiger partial charge in [-0.05, 0) is 69.3 Å². The molecular weight excluding hydrogens is 519 g/mol. The molecule has 4 rings (SSSR count). The molecule has 0 unspecified atom stereocenters. The Morgan fingerprint density at radius 1 is 1.00 bits per heavy atom. The summed E-state index contributed by atoms with van der Waals surface area (Å²) in [7, 11) is 4.25. The lowest BCUT2D eigenvalue weighted by Gasteiger charge is -2.14. The summed E-state index contributed by atoms with van der Waals surface area (Å²) in [5, 5.41) is 14.2. The summed E-state index contributed by atoms with van der Waals surface area (Å²) in [5.41, 5.74) is 7.71. The average molecular weight is 564 g/mol. The number of benzene rings is 2. The van der Waals surface area contributed by atoms with E-state index in [4.69, 9.17) is 10.8 Å². The molecule has 1 aliphatic carbocycles. The summed E-state index contributed by atoms with van der Waals surface area (Å²) in [5.74, 6) is -1.51. The SMILES string of the molecule is CC.CF.CNC.Cc1cc(F)cc(CNC(=O)c2ccc(-c3nccnc3N)cc2F)c1.OC1CCCCC1. The maximum Gasteiger partial charge on any atom is 0.254 e. The molecule has 0 radical (unpaired) electrons. The van der Waals surface area contributed by atoms with E-state index in [0.717, 1.165) is 18.4 Å². The van der Waals surface area contributed by atoms with Gasteiger partial charge in [-0.25, -0.2) is 13.8 Å². The highest BCUT2D eigenvalue weighted by Gasteiger charge is 2.14. The van der Waals surface area contributed by atoms with Crippen LogP contribution in [0.15, 0.2) is 48.8 Å². The largest absolute Gasteiger partial charge is 0.393 e. The van der Waals surface area contributed by atoms with Gasteiger partial charge in [0, 0.05) is 24.5 Å². The van der Waals surface area contributed by atoms with E-state index in [1.54, 1.807) is 19.1 Å². The quantitative estimate of drug-likeness (QED) is 0.310. The van der Waals surface area contributed by atoms with Crippen LogP contribution in [0.4, 0.5) is 19.0 Å². The number of carbonyl (C=O) groups excluding carboxylic acids is 1. The first-order valence-corrected chi connectivity index (χ1v) is 13.3. The zero-order chi connectivity index (χ0) is 30.5. The molecule has 222 valence electrons. The molecule has 1 aliphatic rings. The van der Waals surface area contributed by atoms with Crippen LogP contribution in [0, 0.1) is 18.6 Å². The third-order valence-electron chi connectivity index (χ3n) is 5.34. The number of halogens is 3. The molecule has 2 aromatic carbocycles. The Morgan fingerprint density at radius 3 is 2.10 bits per heavy atom. The van der Waals surface area contributed by atoms with Gasteiger partial charge in [-0.1, -0.05) is 45.2 Å². The van der Waals surface area contributed by atoms with Gasteiger partial charge in [0.1, 0.15) is 23.1 Å². The summed E-state index contributed by atoms with van der Waals surface area (Å²) < 4.78 is 37.2. The van der Waals surface area contributed by atoms with Crippen molar-refractivity contribution in [3.63, 3.8) is 0 Å². The van der Waals surface area contributed by atoms with Crippen LogP contribution < -0.4 is 16.4 Å². The van der Waals surface area contributed by atoms with Crippen molar-refractivity contribution in [2.45, 2.75) is 65.5 Å². The molecule has 5 N–H and O–H groups in total. The minimum absolute atomic E-state index is 0.0359. The van der Waals surface area contributed by atoms with Gasteiger partial charge in [-0.3, -0.25) is 14.2 Å². The van der Waals surface area contributed by atoms with Gasteiger partial charge in [0.15, 0.2) is 0 Å². The Labute approximate surface area is 236 Å². The van der Waals surface area contributed by atoms with Crippen LogP contribution in [0.3, 0.4) is 0 Å². The van der Waals surface area contributed by atoms with Crippen LogP contribution in [0.25, 0.3) is 11.3 Å². The van der Waals surface area contributed by atoms with Crippen molar-refractivity contribution in [1.29, 1.82) is 0 Å². The number of amides is 1. The minimum Gasteiger partial charge on any atom is -0.393 e. The molecule has 7 nitrogen and oxygen atoms in total.